The minimum atomic E-state index is -0.653. The number of nitrogens with zero attached hydrogens (tertiary/aromatic N) is 2. The van der Waals surface area contributed by atoms with Crippen LogP contribution >= 0.6 is 0 Å². The number of rotatable bonds is 4. The second kappa shape index (κ2) is 7.12. The summed E-state index contributed by atoms with van der Waals surface area (Å²) in [7, 11) is 3.22. The van der Waals surface area contributed by atoms with Crippen LogP contribution in [0.3, 0.4) is 0 Å². The van der Waals surface area contributed by atoms with E-state index in [-0.39, 0.29) is 11.6 Å². The molecule has 0 saturated carbocycles. The quantitative estimate of drug-likeness (QED) is 0.801. The first-order chi connectivity index (χ1) is 11.3. The summed E-state index contributed by atoms with van der Waals surface area (Å²) in [4.78, 5) is 23.7. The molecule has 0 aliphatic carbocycles. The Morgan fingerprint density at radius 1 is 1.33 bits per heavy atom. The number of amides is 3. The molecule has 0 bridgehead atoms. The van der Waals surface area contributed by atoms with Crippen molar-refractivity contribution in [1.29, 1.82) is 0 Å². The molecule has 0 unspecified atom stereocenters. The maximum absolute atomic E-state index is 13.6. The summed E-state index contributed by atoms with van der Waals surface area (Å²) in [5.41, 5.74) is 1.92. The molecule has 0 fully saturated rings. The van der Waals surface area contributed by atoms with Gasteiger partial charge in [-0.3, -0.25) is 9.48 Å². The molecule has 1 heterocycles. The van der Waals surface area contributed by atoms with Crippen molar-refractivity contribution in [2.24, 2.45) is 7.05 Å². The molecule has 2 rings (SSSR count). The van der Waals surface area contributed by atoms with Crippen LogP contribution in [0, 0.1) is 12.7 Å². The van der Waals surface area contributed by atoms with Crippen molar-refractivity contribution in [3.05, 3.63) is 47.0 Å². The van der Waals surface area contributed by atoms with Gasteiger partial charge in [0.15, 0.2) is 0 Å². The van der Waals surface area contributed by atoms with Crippen LogP contribution in [-0.2, 0) is 7.05 Å². The Hall–Kier alpha value is -2.90. The summed E-state index contributed by atoms with van der Waals surface area (Å²) in [6.07, 6.45) is 1.84. The van der Waals surface area contributed by atoms with Crippen molar-refractivity contribution >= 4 is 17.6 Å². The van der Waals surface area contributed by atoms with Gasteiger partial charge in [-0.1, -0.05) is 0 Å². The van der Waals surface area contributed by atoms with E-state index in [9.17, 15) is 14.0 Å². The molecule has 1 aromatic heterocycles. The van der Waals surface area contributed by atoms with Crippen LogP contribution in [0.15, 0.2) is 24.4 Å². The summed E-state index contributed by atoms with van der Waals surface area (Å²) < 4.78 is 15.3. The third kappa shape index (κ3) is 3.89. The van der Waals surface area contributed by atoms with Crippen LogP contribution in [0.5, 0.6) is 0 Å². The lowest BCUT2D eigenvalue weighted by Gasteiger charge is -2.14. The summed E-state index contributed by atoms with van der Waals surface area (Å²) in [5, 5.41) is 12.0. The predicted octanol–water partition coefficient (Wildman–Crippen LogP) is 2.11. The number of anilines is 1. The third-order valence-electron chi connectivity index (χ3n) is 3.56. The van der Waals surface area contributed by atoms with Crippen molar-refractivity contribution in [1.82, 2.24) is 20.4 Å². The summed E-state index contributed by atoms with van der Waals surface area (Å²) in [6.45, 7) is 3.70. The fourth-order valence-electron chi connectivity index (χ4n) is 2.40. The van der Waals surface area contributed by atoms with E-state index in [1.165, 1.54) is 19.2 Å². The maximum Gasteiger partial charge on any atom is 0.319 e. The Bertz CT molecular complexity index is 772. The zero-order chi connectivity index (χ0) is 17.9. The number of benzene rings is 1. The van der Waals surface area contributed by atoms with Crippen LogP contribution in [0.25, 0.3) is 0 Å². The van der Waals surface area contributed by atoms with Crippen LogP contribution in [0.2, 0.25) is 0 Å². The molecule has 3 N–H and O–H groups in total. The molecule has 0 radical (unpaired) electrons. The van der Waals surface area contributed by atoms with E-state index in [1.807, 2.05) is 27.1 Å². The highest BCUT2D eigenvalue weighted by atomic mass is 19.1. The van der Waals surface area contributed by atoms with Gasteiger partial charge in [-0.25, -0.2) is 9.18 Å². The van der Waals surface area contributed by atoms with Crippen LogP contribution in [0.4, 0.5) is 14.9 Å². The van der Waals surface area contributed by atoms with E-state index in [2.05, 4.69) is 21.0 Å². The molecular weight excluding hydrogens is 313 g/mol. The van der Waals surface area contributed by atoms with Crippen molar-refractivity contribution in [3.63, 3.8) is 0 Å². The number of halogens is 1. The molecule has 1 atom stereocenters. The topological polar surface area (TPSA) is 88.0 Å². The Labute approximate surface area is 139 Å². The van der Waals surface area contributed by atoms with Gasteiger partial charge in [0, 0.05) is 31.5 Å². The molecule has 0 aliphatic heterocycles. The Kier molecular flexibility index (Phi) is 5.18. The highest BCUT2D eigenvalue weighted by Crippen LogP contribution is 2.17. The fourth-order valence-corrected chi connectivity index (χ4v) is 2.40. The van der Waals surface area contributed by atoms with Gasteiger partial charge in [-0.2, -0.15) is 5.10 Å². The van der Waals surface area contributed by atoms with Crippen molar-refractivity contribution < 1.29 is 14.0 Å². The lowest BCUT2D eigenvalue weighted by molar-refractivity contribution is 0.0959. The van der Waals surface area contributed by atoms with Gasteiger partial charge in [0.2, 0.25) is 0 Å². The molecule has 0 aliphatic rings. The number of hydrogen-bond acceptors (Lipinski definition) is 3. The van der Waals surface area contributed by atoms with Gasteiger partial charge in [0.1, 0.15) is 5.82 Å². The number of aromatic nitrogens is 2. The van der Waals surface area contributed by atoms with Gasteiger partial charge < -0.3 is 16.0 Å². The first kappa shape index (κ1) is 17.5. The van der Waals surface area contributed by atoms with Crippen LogP contribution in [0.1, 0.15) is 34.6 Å². The summed E-state index contributed by atoms with van der Waals surface area (Å²) in [5.74, 6) is -1.21. The Morgan fingerprint density at radius 2 is 2.04 bits per heavy atom. The fraction of sp³-hybridized carbons (Fsp3) is 0.312. The van der Waals surface area contributed by atoms with E-state index in [0.717, 1.165) is 17.3 Å². The molecule has 128 valence electrons. The number of aryl methyl sites for hydroxylation is 2. The average Bonchev–Trinajstić information content (AvgIpc) is 2.87. The summed E-state index contributed by atoms with van der Waals surface area (Å²) in [6, 6.07) is 3.10. The predicted molar refractivity (Wildman–Crippen MR) is 88.3 cm³/mol. The molecule has 1 aromatic carbocycles. The monoisotopic (exact) mass is 333 g/mol. The van der Waals surface area contributed by atoms with Crippen molar-refractivity contribution in [3.8, 4) is 0 Å². The Balaban J connectivity index is 2.07. The third-order valence-corrected chi connectivity index (χ3v) is 3.56. The molecule has 0 saturated heterocycles. The molecular formula is C16H20FN5O2. The standard InChI is InChI=1S/C16H20FN5O2/c1-9(13-8-22(4)21-10(13)2)19-16(24)20-11-5-6-14(17)12(7-11)15(23)18-3/h5-9H,1-4H3,(H,18,23)(H2,19,20,24)/t9-/m0/s1. The SMILES string of the molecule is CNC(=O)c1cc(NC(=O)N[C@@H](C)c2cn(C)nc2C)ccc1F. The largest absolute Gasteiger partial charge is 0.355 e. The second-order valence-electron chi connectivity index (χ2n) is 5.44. The molecule has 2 aromatic rings. The number of hydrogen-bond donors (Lipinski definition) is 3. The van der Waals surface area contributed by atoms with Crippen molar-refractivity contribution in [2.75, 3.05) is 12.4 Å². The van der Waals surface area contributed by atoms with Gasteiger partial charge in [0.05, 0.1) is 17.3 Å². The molecule has 24 heavy (non-hydrogen) atoms. The maximum atomic E-state index is 13.6. The number of carbonyl (C=O) groups is 2. The van der Waals surface area contributed by atoms with E-state index >= 15 is 0 Å². The molecule has 8 heteroatoms. The van der Waals surface area contributed by atoms with E-state index < -0.39 is 17.8 Å². The molecule has 7 nitrogen and oxygen atoms in total. The zero-order valence-corrected chi connectivity index (χ0v) is 14.0. The average molecular weight is 333 g/mol. The second-order valence-corrected chi connectivity index (χ2v) is 5.44. The highest BCUT2D eigenvalue weighted by molar-refractivity contribution is 5.97. The lowest BCUT2D eigenvalue weighted by Crippen LogP contribution is -2.31. The minimum absolute atomic E-state index is 0.133. The van der Waals surface area contributed by atoms with Gasteiger partial charge >= 0.3 is 6.03 Å². The molecule has 3 amide bonds. The van der Waals surface area contributed by atoms with Gasteiger partial charge in [-0.05, 0) is 32.0 Å². The van der Waals surface area contributed by atoms with Crippen LogP contribution < -0.4 is 16.0 Å². The highest BCUT2D eigenvalue weighted by Gasteiger charge is 2.16. The number of carbonyl (C=O) groups excluding carboxylic acids is 2. The van der Waals surface area contributed by atoms with Gasteiger partial charge in [0.25, 0.3) is 5.91 Å². The molecule has 0 spiro atoms. The summed E-state index contributed by atoms with van der Waals surface area (Å²) >= 11 is 0. The van der Waals surface area contributed by atoms with E-state index in [1.54, 1.807) is 4.68 Å². The first-order valence-corrected chi connectivity index (χ1v) is 7.41. The smallest absolute Gasteiger partial charge is 0.319 e. The number of urea groups is 1. The van der Waals surface area contributed by atoms with Gasteiger partial charge in [-0.15, -0.1) is 0 Å². The lowest BCUT2D eigenvalue weighted by atomic mass is 10.1. The van der Waals surface area contributed by atoms with Crippen molar-refractivity contribution in [2.45, 2.75) is 19.9 Å². The number of nitrogens with one attached hydrogen (secondary N) is 3. The van der Waals surface area contributed by atoms with E-state index in [4.69, 9.17) is 0 Å². The first-order valence-electron chi connectivity index (χ1n) is 7.41. The Morgan fingerprint density at radius 3 is 2.62 bits per heavy atom. The normalized spacial score (nSPS) is 11.7. The zero-order valence-electron chi connectivity index (χ0n) is 14.0. The minimum Gasteiger partial charge on any atom is -0.355 e. The van der Waals surface area contributed by atoms with Crippen LogP contribution in [-0.4, -0.2) is 28.8 Å². The van der Waals surface area contributed by atoms with E-state index in [0.29, 0.717) is 5.69 Å².